The van der Waals surface area contributed by atoms with Crippen LogP contribution in [0, 0.1) is 5.92 Å². The van der Waals surface area contributed by atoms with Gasteiger partial charge < -0.3 is 14.4 Å². The zero-order chi connectivity index (χ0) is 14.7. The summed E-state index contributed by atoms with van der Waals surface area (Å²) in [6, 6.07) is 5.88. The molecule has 3 rings (SSSR count). The standard InChI is InChI=1S/C17H21NO3/c1-2-18(17(19)10-13-5-3-4-6-13)11-14-7-8-15-16(9-14)21-12-20-15/h3,5,7-9,13H,2,4,6,10-12H2,1H3. The van der Waals surface area contributed by atoms with Crippen molar-refractivity contribution in [3.63, 3.8) is 0 Å². The number of amides is 1. The fourth-order valence-corrected chi connectivity index (χ4v) is 2.85. The molecule has 1 aliphatic carbocycles. The number of benzene rings is 1. The Labute approximate surface area is 125 Å². The topological polar surface area (TPSA) is 38.8 Å². The molecule has 1 heterocycles. The number of allylic oxidation sites excluding steroid dienone is 2. The highest BCUT2D eigenvalue weighted by Gasteiger charge is 2.20. The molecule has 0 spiro atoms. The Kier molecular flexibility index (Phi) is 4.13. The Balaban J connectivity index is 1.63. The summed E-state index contributed by atoms with van der Waals surface area (Å²) in [7, 11) is 0. The van der Waals surface area contributed by atoms with Gasteiger partial charge in [-0.2, -0.15) is 0 Å². The summed E-state index contributed by atoms with van der Waals surface area (Å²) in [5.41, 5.74) is 1.08. The van der Waals surface area contributed by atoms with E-state index in [9.17, 15) is 4.79 Å². The molecule has 0 saturated heterocycles. The van der Waals surface area contributed by atoms with Crippen LogP contribution in [0.3, 0.4) is 0 Å². The molecule has 1 unspecified atom stereocenters. The molecule has 0 fully saturated rings. The second-order valence-electron chi connectivity index (χ2n) is 5.57. The van der Waals surface area contributed by atoms with E-state index in [1.54, 1.807) is 0 Å². The first-order chi connectivity index (χ1) is 10.3. The lowest BCUT2D eigenvalue weighted by molar-refractivity contribution is -0.132. The van der Waals surface area contributed by atoms with Crippen LogP contribution >= 0.6 is 0 Å². The van der Waals surface area contributed by atoms with Gasteiger partial charge in [-0.1, -0.05) is 18.2 Å². The number of ether oxygens (including phenoxy) is 2. The van der Waals surface area contributed by atoms with Gasteiger partial charge in [-0.25, -0.2) is 0 Å². The summed E-state index contributed by atoms with van der Waals surface area (Å²) in [4.78, 5) is 14.3. The highest BCUT2D eigenvalue weighted by atomic mass is 16.7. The van der Waals surface area contributed by atoms with Crippen LogP contribution in [0.15, 0.2) is 30.4 Å². The molecule has 1 atom stereocenters. The van der Waals surface area contributed by atoms with Crippen molar-refractivity contribution < 1.29 is 14.3 Å². The van der Waals surface area contributed by atoms with Crippen LogP contribution in [0.25, 0.3) is 0 Å². The van der Waals surface area contributed by atoms with Gasteiger partial charge in [0, 0.05) is 19.5 Å². The van der Waals surface area contributed by atoms with Crippen LogP contribution in [0.4, 0.5) is 0 Å². The normalized spacial score (nSPS) is 19.0. The number of hydrogen-bond acceptors (Lipinski definition) is 3. The molecule has 0 bridgehead atoms. The van der Waals surface area contributed by atoms with E-state index >= 15 is 0 Å². The van der Waals surface area contributed by atoms with Gasteiger partial charge in [0.05, 0.1) is 0 Å². The molecule has 0 saturated carbocycles. The Hall–Kier alpha value is -1.97. The molecular weight excluding hydrogens is 266 g/mol. The largest absolute Gasteiger partial charge is 0.454 e. The summed E-state index contributed by atoms with van der Waals surface area (Å²) in [6.45, 7) is 3.66. The number of rotatable bonds is 5. The first kappa shape index (κ1) is 14.0. The summed E-state index contributed by atoms with van der Waals surface area (Å²) >= 11 is 0. The minimum Gasteiger partial charge on any atom is -0.454 e. The molecule has 1 aromatic rings. The van der Waals surface area contributed by atoms with Gasteiger partial charge in [-0.3, -0.25) is 4.79 Å². The molecule has 1 aromatic carbocycles. The van der Waals surface area contributed by atoms with E-state index in [0.717, 1.165) is 36.4 Å². The number of carbonyl (C=O) groups excluding carboxylic acids is 1. The van der Waals surface area contributed by atoms with E-state index < -0.39 is 0 Å². The average Bonchev–Trinajstić information content (AvgIpc) is 3.14. The van der Waals surface area contributed by atoms with Crippen molar-refractivity contribution in [2.45, 2.75) is 32.7 Å². The third-order valence-corrected chi connectivity index (χ3v) is 4.09. The van der Waals surface area contributed by atoms with Crippen LogP contribution in [-0.4, -0.2) is 24.1 Å². The summed E-state index contributed by atoms with van der Waals surface area (Å²) in [5.74, 6) is 2.20. The van der Waals surface area contributed by atoms with Crippen LogP contribution in [-0.2, 0) is 11.3 Å². The maximum atomic E-state index is 12.4. The second kappa shape index (κ2) is 6.20. The van der Waals surface area contributed by atoms with Crippen molar-refractivity contribution in [1.29, 1.82) is 0 Å². The summed E-state index contributed by atoms with van der Waals surface area (Å²) in [5, 5.41) is 0. The molecule has 1 aliphatic heterocycles. The summed E-state index contributed by atoms with van der Waals surface area (Å²) in [6.07, 6.45) is 7.17. The van der Waals surface area contributed by atoms with Gasteiger partial charge in [0.15, 0.2) is 11.5 Å². The van der Waals surface area contributed by atoms with Gasteiger partial charge >= 0.3 is 0 Å². The fourth-order valence-electron chi connectivity index (χ4n) is 2.85. The molecule has 0 N–H and O–H groups in total. The van der Waals surface area contributed by atoms with Crippen molar-refractivity contribution in [3.8, 4) is 11.5 Å². The summed E-state index contributed by atoms with van der Waals surface area (Å²) < 4.78 is 10.7. The lowest BCUT2D eigenvalue weighted by atomic mass is 10.0. The Morgan fingerprint density at radius 1 is 1.33 bits per heavy atom. The molecule has 112 valence electrons. The van der Waals surface area contributed by atoms with Gasteiger partial charge in [0.25, 0.3) is 0 Å². The maximum absolute atomic E-state index is 12.4. The minimum atomic E-state index is 0.228. The van der Waals surface area contributed by atoms with Crippen molar-refractivity contribution in [3.05, 3.63) is 35.9 Å². The molecule has 4 nitrogen and oxygen atoms in total. The predicted molar refractivity (Wildman–Crippen MR) is 80.1 cm³/mol. The molecule has 4 heteroatoms. The first-order valence-electron chi connectivity index (χ1n) is 7.59. The van der Waals surface area contributed by atoms with E-state index in [1.807, 2.05) is 30.0 Å². The highest BCUT2D eigenvalue weighted by molar-refractivity contribution is 5.76. The molecular formula is C17H21NO3. The third-order valence-electron chi connectivity index (χ3n) is 4.09. The van der Waals surface area contributed by atoms with Gasteiger partial charge in [-0.05, 0) is 43.4 Å². The maximum Gasteiger partial charge on any atom is 0.231 e. The van der Waals surface area contributed by atoms with Gasteiger partial charge in [0.1, 0.15) is 0 Å². The van der Waals surface area contributed by atoms with E-state index in [0.29, 0.717) is 18.9 Å². The van der Waals surface area contributed by atoms with Crippen molar-refractivity contribution in [2.75, 3.05) is 13.3 Å². The highest BCUT2D eigenvalue weighted by Crippen LogP contribution is 2.33. The van der Waals surface area contributed by atoms with Crippen molar-refractivity contribution in [2.24, 2.45) is 5.92 Å². The van der Waals surface area contributed by atoms with E-state index in [1.165, 1.54) is 0 Å². The number of carbonyl (C=O) groups is 1. The fraction of sp³-hybridized carbons (Fsp3) is 0.471. The van der Waals surface area contributed by atoms with E-state index in [4.69, 9.17) is 9.47 Å². The van der Waals surface area contributed by atoms with Crippen molar-refractivity contribution >= 4 is 5.91 Å². The third kappa shape index (κ3) is 3.20. The van der Waals surface area contributed by atoms with E-state index in [-0.39, 0.29) is 12.7 Å². The first-order valence-corrected chi connectivity index (χ1v) is 7.59. The second-order valence-corrected chi connectivity index (χ2v) is 5.57. The molecule has 2 aliphatic rings. The van der Waals surface area contributed by atoms with Crippen LogP contribution in [0.2, 0.25) is 0 Å². The number of fused-ring (bicyclic) bond motifs is 1. The molecule has 21 heavy (non-hydrogen) atoms. The Morgan fingerprint density at radius 2 is 2.19 bits per heavy atom. The van der Waals surface area contributed by atoms with Crippen LogP contribution in [0.1, 0.15) is 31.7 Å². The van der Waals surface area contributed by atoms with Crippen molar-refractivity contribution in [1.82, 2.24) is 4.90 Å². The molecule has 1 amide bonds. The molecule has 0 aromatic heterocycles. The predicted octanol–water partition coefficient (Wildman–Crippen LogP) is 3.12. The SMILES string of the molecule is CCN(Cc1ccc2c(c1)OCO2)C(=O)CC1C=CCC1. The number of nitrogens with zero attached hydrogens (tertiary/aromatic N) is 1. The number of hydrogen-bond donors (Lipinski definition) is 0. The average molecular weight is 287 g/mol. The lowest BCUT2D eigenvalue weighted by Gasteiger charge is -2.22. The van der Waals surface area contributed by atoms with Crippen LogP contribution < -0.4 is 9.47 Å². The Morgan fingerprint density at radius 3 is 2.95 bits per heavy atom. The smallest absolute Gasteiger partial charge is 0.231 e. The quantitative estimate of drug-likeness (QED) is 0.781. The zero-order valence-electron chi connectivity index (χ0n) is 12.4. The minimum absolute atomic E-state index is 0.228. The van der Waals surface area contributed by atoms with Gasteiger partial charge in [-0.15, -0.1) is 0 Å². The Bertz CT molecular complexity index is 553. The van der Waals surface area contributed by atoms with E-state index in [2.05, 4.69) is 12.2 Å². The van der Waals surface area contributed by atoms with Gasteiger partial charge in [0.2, 0.25) is 12.7 Å². The monoisotopic (exact) mass is 287 g/mol. The zero-order valence-corrected chi connectivity index (χ0v) is 12.4. The van der Waals surface area contributed by atoms with Crippen LogP contribution in [0.5, 0.6) is 11.5 Å². The molecule has 0 radical (unpaired) electrons. The lowest BCUT2D eigenvalue weighted by Crippen LogP contribution is -2.31.